The van der Waals surface area contributed by atoms with Crippen molar-refractivity contribution in [2.24, 2.45) is 5.92 Å². The third-order valence-corrected chi connectivity index (χ3v) is 5.28. The van der Waals surface area contributed by atoms with E-state index in [2.05, 4.69) is 53.3 Å². The van der Waals surface area contributed by atoms with Gasteiger partial charge in [-0.3, -0.25) is 0 Å². The molecule has 1 nitrogen and oxygen atoms in total. The van der Waals surface area contributed by atoms with Gasteiger partial charge in [0.25, 0.3) is 0 Å². The van der Waals surface area contributed by atoms with Gasteiger partial charge in [-0.15, -0.1) is 11.3 Å². The summed E-state index contributed by atoms with van der Waals surface area (Å²) in [7, 11) is 0. The molecule has 0 atom stereocenters. The average Bonchev–Trinajstić information content (AvgIpc) is 3.12. The zero-order valence-corrected chi connectivity index (χ0v) is 13.9. The van der Waals surface area contributed by atoms with E-state index < -0.39 is 0 Å². The Kier molecular flexibility index (Phi) is 3.97. The number of thiophene rings is 1. The van der Waals surface area contributed by atoms with E-state index in [1.165, 1.54) is 38.7 Å². The van der Waals surface area contributed by atoms with Crippen molar-refractivity contribution >= 4 is 37.4 Å². The lowest BCUT2D eigenvalue weighted by Gasteiger charge is -2.08. The second-order valence-electron chi connectivity index (χ2n) is 5.90. The molecule has 0 unspecified atom stereocenters. The van der Waals surface area contributed by atoms with Crippen LogP contribution in [0.5, 0.6) is 0 Å². The molecule has 1 aliphatic rings. The Morgan fingerprint density at radius 2 is 2.16 bits per heavy atom. The van der Waals surface area contributed by atoms with Crippen molar-refractivity contribution in [2.75, 3.05) is 0 Å². The first-order valence-corrected chi connectivity index (χ1v) is 8.67. The van der Waals surface area contributed by atoms with Crippen LogP contribution in [0.4, 0.5) is 0 Å². The van der Waals surface area contributed by atoms with E-state index in [4.69, 9.17) is 0 Å². The van der Waals surface area contributed by atoms with Crippen LogP contribution in [0.1, 0.15) is 37.1 Å². The monoisotopic (exact) mass is 337 g/mol. The highest BCUT2D eigenvalue weighted by Gasteiger charge is 2.21. The minimum atomic E-state index is 0.705. The molecule has 1 aromatic carbocycles. The first-order valence-electron chi connectivity index (χ1n) is 7.06. The first-order chi connectivity index (χ1) is 9.13. The first kappa shape index (κ1) is 13.6. The van der Waals surface area contributed by atoms with E-state index in [-0.39, 0.29) is 0 Å². The summed E-state index contributed by atoms with van der Waals surface area (Å²) in [5.74, 6) is 0.705. The number of halogens is 1. The Balaban J connectivity index is 1.97. The summed E-state index contributed by atoms with van der Waals surface area (Å²) >= 11 is 5.56. The predicted octanol–water partition coefficient (Wildman–Crippen LogP) is 5.11. The van der Waals surface area contributed by atoms with Crippen molar-refractivity contribution in [2.45, 2.75) is 45.7 Å². The third kappa shape index (κ3) is 3.21. The maximum Gasteiger partial charge on any atom is 0.0349 e. The summed E-state index contributed by atoms with van der Waals surface area (Å²) in [6.07, 6.45) is 3.89. The second kappa shape index (κ2) is 5.55. The smallest absolute Gasteiger partial charge is 0.0349 e. The predicted molar refractivity (Wildman–Crippen MR) is 87.9 cm³/mol. The molecule has 0 radical (unpaired) electrons. The molecule has 1 aliphatic carbocycles. The van der Waals surface area contributed by atoms with Gasteiger partial charge in [-0.2, -0.15) is 0 Å². The fourth-order valence-corrected chi connectivity index (χ4v) is 4.00. The molecule has 102 valence electrons. The number of benzene rings is 1. The topological polar surface area (TPSA) is 12.0 Å². The van der Waals surface area contributed by atoms with Crippen LogP contribution in [0.3, 0.4) is 0 Å². The van der Waals surface area contributed by atoms with Crippen LogP contribution in [0, 0.1) is 5.92 Å². The Hall–Kier alpha value is -0.380. The molecule has 0 spiro atoms. The van der Waals surface area contributed by atoms with Gasteiger partial charge in [0.05, 0.1) is 0 Å². The fourth-order valence-electron chi connectivity index (χ4n) is 2.47. The molecule has 0 bridgehead atoms. The lowest BCUT2D eigenvalue weighted by molar-refractivity contribution is 0.637. The number of nitrogens with one attached hydrogen (secondary N) is 1. The molecule has 3 rings (SSSR count). The highest BCUT2D eigenvalue weighted by molar-refractivity contribution is 9.10. The summed E-state index contributed by atoms with van der Waals surface area (Å²) in [4.78, 5) is 1.54. The average molecular weight is 338 g/mol. The van der Waals surface area contributed by atoms with E-state index in [0.29, 0.717) is 5.92 Å². The van der Waals surface area contributed by atoms with Crippen molar-refractivity contribution < 1.29 is 0 Å². The Bertz CT molecular complexity index is 584. The Morgan fingerprint density at radius 1 is 1.37 bits per heavy atom. The molecule has 1 N–H and O–H groups in total. The van der Waals surface area contributed by atoms with Gasteiger partial charge in [-0.05, 0) is 54.3 Å². The second-order valence-corrected chi connectivity index (χ2v) is 7.95. The molecular weight excluding hydrogens is 318 g/mol. The largest absolute Gasteiger partial charge is 0.309 e. The number of fused-ring (bicyclic) bond motifs is 1. The van der Waals surface area contributed by atoms with Gasteiger partial charge in [0.2, 0.25) is 0 Å². The van der Waals surface area contributed by atoms with Crippen LogP contribution in [0.15, 0.2) is 22.7 Å². The van der Waals surface area contributed by atoms with Crippen LogP contribution in [-0.2, 0) is 13.0 Å². The number of rotatable bonds is 5. The van der Waals surface area contributed by atoms with E-state index in [1.807, 2.05) is 11.3 Å². The van der Waals surface area contributed by atoms with Crippen molar-refractivity contribution in [3.05, 3.63) is 33.1 Å². The zero-order valence-electron chi connectivity index (χ0n) is 11.5. The fraction of sp³-hybridized carbons (Fsp3) is 0.500. The van der Waals surface area contributed by atoms with Gasteiger partial charge in [0.15, 0.2) is 0 Å². The lowest BCUT2D eigenvalue weighted by Crippen LogP contribution is -2.15. The quantitative estimate of drug-likeness (QED) is 0.798. The summed E-state index contributed by atoms with van der Waals surface area (Å²) in [5.41, 5.74) is 1.56. The van der Waals surface area contributed by atoms with Gasteiger partial charge in [0, 0.05) is 26.6 Å². The maximum absolute atomic E-state index is 3.66. The SMILES string of the molecule is CC(C)Cc1c(CNC2CC2)sc2ccc(Br)cc12. The van der Waals surface area contributed by atoms with Crippen LogP contribution in [0.2, 0.25) is 0 Å². The van der Waals surface area contributed by atoms with Gasteiger partial charge in [-0.1, -0.05) is 29.8 Å². The van der Waals surface area contributed by atoms with E-state index in [0.717, 1.165) is 12.6 Å². The molecular formula is C16H20BrNS. The normalized spacial score (nSPS) is 15.6. The van der Waals surface area contributed by atoms with Gasteiger partial charge in [0.1, 0.15) is 0 Å². The minimum absolute atomic E-state index is 0.705. The van der Waals surface area contributed by atoms with Crippen LogP contribution < -0.4 is 5.32 Å². The van der Waals surface area contributed by atoms with Crippen molar-refractivity contribution in [1.82, 2.24) is 5.32 Å². The van der Waals surface area contributed by atoms with Gasteiger partial charge < -0.3 is 5.32 Å². The van der Waals surface area contributed by atoms with Gasteiger partial charge in [-0.25, -0.2) is 0 Å². The summed E-state index contributed by atoms with van der Waals surface area (Å²) in [6, 6.07) is 7.46. The van der Waals surface area contributed by atoms with Gasteiger partial charge >= 0.3 is 0 Å². The zero-order chi connectivity index (χ0) is 13.4. The van der Waals surface area contributed by atoms with Crippen molar-refractivity contribution in [3.63, 3.8) is 0 Å². The van der Waals surface area contributed by atoms with Crippen LogP contribution in [-0.4, -0.2) is 6.04 Å². The summed E-state index contributed by atoms with van der Waals surface area (Å²) in [5, 5.41) is 5.11. The standard InChI is InChI=1S/C16H20BrNS/c1-10(2)7-13-14-8-11(17)3-6-15(14)19-16(13)9-18-12-4-5-12/h3,6,8,10,12,18H,4-5,7,9H2,1-2H3. The molecule has 1 fully saturated rings. The number of hydrogen-bond donors (Lipinski definition) is 1. The molecule has 3 heteroatoms. The Labute approximate surface area is 127 Å². The summed E-state index contributed by atoms with van der Waals surface area (Å²) in [6.45, 7) is 5.66. The molecule has 2 aromatic rings. The molecule has 0 saturated heterocycles. The molecule has 1 saturated carbocycles. The lowest BCUT2D eigenvalue weighted by atomic mass is 10.00. The highest BCUT2D eigenvalue weighted by Crippen LogP contribution is 2.35. The van der Waals surface area contributed by atoms with Crippen LogP contribution >= 0.6 is 27.3 Å². The van der Waals surface area contributed by atoms with Crippen molar-refractivity contribution in [1.29, 1.82) is 0 Å². The molecule has 0 amide bonds. The molecule has 1 heterocycles. The Morgan fingerprint density at radius 3 is 2.84 bits per heavy atom. The van der Waals surface area contributed by atoms with Crippen LogP contribution in [0.25, 0.3) is 10.1 Å². The molecule has 19 heavy (non-hydrogen) atoms. The maximum atomic E-state index is 3.66. The third-order valence-electron chi connectivity index (χ3n) is 3.58. The highest BCUT2D eigenvalue weighted by atomic mass is 79.9. The van der Waals surface area contributed by atoms with E-state index >= 15 is 0 Å². The van der Waals surface area contributed by atoms with E-state index in [9.17, 15) is 0 Å². The number of hydrogen-bond acceptors (Lipinski definition) is 2. The summed E-state index contributed by atoms with van der Waals surface area (Å²) < 4.78 is 2.61. The van der Waals surface area contributed by atoms with Crippen molar-refractivity contribution in [3.8, 4) is 0 Å². The van der Waals surface area contributed by atoms with E-state index in [1.54, 1.807) is 5.56 Å². The molecule has 1 aromatic heterocycles. The minimum Gasteiger partial charge on any atom is -0.309 e. The molecule has 0 aliphatic heterocycles.